The molecule has 0 heterocycles. The highest BCUT2D eigenvalue weighted by Crippen LogP contribution is 2.34. The molecule has 3 aromatic rings. The molecule has 1 unspecified atom stereocenters. The largest absolute Gasteiger partial charge is 0.314 e. The summed E-state index contributed by atoms with van der Waals surface area (Å²) in [6.45, 7) is 6.51. The summed E-state index contributed by atoms with van der Waals surface area (Å²) in [5.41, 5.74) is 3.94. The summed E-state index contributed by atoms with van der Waals surface area (Å²) in [7, 11) is 2.00. The maximum atomic E-state index is 3.32. The van der Waals surface area contributed by atoms with Gasteiger partial charge in [-0.25, -0.2) is 0 Å². The SMILES string of the molecule is C/C=C(\C=C(/C)C(C)NC)c1c2ccccc2cc2ccccc12. The molecule has 1 N–H and O–H groups in total. The smallest absolute Gasteiger partial charge is 0.0248 e. The molecule has 0 fully saturated rings. The van der Waals surface area contributed by atoms with Crippen LogP contribution in [0.25, 0.3) is 27.1 Å². The molecule has 1 heteroatoms. The van der Waals surface area contributed by atoms with Crippen LogP contribution in [0.15, 0.2) is 72.3 Å². The van der Waals surface area contributed by atoms with Crippen molar-refractivity contribution in [1.29, 1.82) is 0 Å². The molecule has 0 spiro atoms. The first kappa shape index (κ1) is 16.5. The minimum atomic E-state index is 0.362. The minimum Gasteiger partial charge on any atom is -0.314 e. The van der Waals surface area contributed by atoms with E-state index in [1.54, 1.807) is 0 Å². The maximum absolute atomic E-state index is 3.32. The van der Waals surface area contributed by atoms with Gasteiger partial charge in [-0.3, -0.25) is 0 Å². The minimum absolute atomic E-state index is 0.362. The van der Waals surface area contributed by atoms with Gasteiger partial charge in [0.2, 0.25) is 0 Å². The van der Waals surface area contributed by atoms with Gasteiger partial charge in [0.15, 0.2) is 0 Å². The molecule has 0 aliphatic carbocycles. The van der Waals surface area contributed by atoms with Crippen LogP contribution in [0, 0.1) is 0 Å². The fourth-order valence-corrected chi connectivity index (χ4v) is 3.22. The van der Waals surface area contributed by atoms with Gasteiger partial charge in [0.25, 0.3) is 0 Å². The number of hydrogen-bond acceptors (Lipinski definition) is 1. The molecule has 0 saturated carbocycles. The Morgan fingerprint density at radius 1 is 0.958 bits per heavy atom. The molecular formula is C23H25N. The van der Waals surface area contributed by atoms with Crippen LogP contribution in [0.4, 0.5) is 0 Å². The van der Waals surface area contributed by atoms with E-state index >= 15 is 0 Å². The lowest BCUT2D eigenvalue weighted by Crippen LogP contribution is -2.22. The molecule has 0 amide bonds. The molecule has 1 atom stereocenters. The van der Waals surface area contributed by atoms with Gasteiger partial charge in [0.05, 0.1) is 0 Å². The normalized spacial score (nSPS) is 14.3. The average Bonchev–Trinajstić information content (AvgIpc) is 2.63. The summed E-state index contributed by atoms with van der Waals surface area (Å²) >= 11 is 0. The number of benzene rings is 3. The van der Waals surface area contributed by atoms with Gasteiger partial charge in [-0.05, 0) is 66.6 Å². The van der Waals surface area contributed by atoms with E-state index in [0.717, 1.165) is 0 Å². The highest BCUT2D eigenvalue weighted by atomic mass is 14.9. The third kappa shape index (κ3) is 3.00. The zero-order valence-electron chi connectivity index (χ0n) is 14.9. The van der Waals surface area contributed by atoms with Crippen LogP contribution >= 0.6 is 0 Å². The summed E-state index contributed by atoms with van der Waals surface area (Å²) < 4.78 is 0. The zero-order valence-corrected chi connectivity index (χ0v) is 14.9. The summed E-state index contributed by atoms with van der Waals surface area (Å²) in [4.78, 5) is 0. The first-order valence-electron chi connectivity index (χ1n) is 8.58. The van der Waals surface area contributed by atoms with Crippen LogP contribution in [0.2, 0.25) is 0 Å². The lowest BCUT2D eigenvalue weighted by Gasteiger charge is -2.16. The van der Waals surface area contributed by atoms with Crippen LogP contribution in [0.1, 0.15) is 26.3 Å². The van der Waals surface area contributed by atoms with E-state index < -0.39 is 0 Å². The standard InChI is InChI=1S/C23H25N/c1-5-18(14-16(2)17(3)24-4)23-21-12-8-6-10-19(21)15-20-11-7-9-13-22(20)23/h5-15,17,24H,1-4H3/b16-14+,18-5+. The van der Waals surface area contributed by atoms with Crippen LogP contribution in [-0.2, 0) is 0 Å². The lowest BCUT2D eigenvalue weighted by molar-refractivity contribution is 0.693. The number of nitrogens with one attached hydrogen (secondary N) is 1. The molecule has 122 valence electrons. The Hall–Kier alpha value is -2.38. The second-order valence-electron chi connectivity index (χ2n) is 6.34. The van der Waals surface area contributed by atoms with Crippen LogP contribution in [0.5, 0.6) is 0 Å². The van der Waals surface area contributed by atoms with Gasteiger partial charge in [0.1, 0.15) is 0 Å². The third-order valence-electron chi connectivity index (χ3n) is 4.87. The van der Waals surface area contributed by atoms with Crippen molar-refractivity contribution < 1.29 is 0 Å². The van der Waals surface area contributed by atoms with Crippen molar-refractivity contribution in [2.75, 3.05) is 7.05 Å². The van der Waals surface area contributed by atoms with Crippen LogP contribution < -0.4 is 5.32 Å². The van der Waals surface area contributed by atoms with E-state index in [-0.39, 0.29) is 0 Å². The Balaban J connectivity index is 2.33. The van der Waals surface area contributed by atoms with Gasteiger partial charge in [0, 0.05) is 6.04 Å². The Morgan fingerprint density at radius 2 is 1.50 bits per heavy atom. The van der Waals surface area contributed by atoms with E-state index in [1.807, 2.05) is 7.05 Å². The number of hydrogen-bond donors (Lipinski definition) is 1. The fourth-order valence-electron chi connectivity index (χ4n) is 3.22. The average molecular weight is 315 g/mol. The lowest BCUT2D eigenvalue weighted by atomic mass is 9.90. The topological polar surface area (TPSA) is 12.0 Å². The summed E-state index contributed by atoms with van der Waals surface area (Å²) in [6.07, 6.45) is 4.54. The Bertz CT molecular complexity index is 877. The maximum Gasteiger partial charge on any atom is 0.0248 e. The predicted octanol–water partition coefficient (Wildman–Crippen LogP) is 5.95. The Labute approximate surface area is 144 Å². The molecule has 3 rings (SSSR count). The van der Waals surface area contributed by atoms with E-state index in [0.29, 0.717) is 6.04 Å². The molecule has 0 radical (unpaired) electrons. The highest BCUT2D eigenvalue weighted by Gasteiger charge is 2.11. The van der Waals surface area contributed by atoms with Gasteiger partial charge in [-0.15, -0.1) is 0 Å². The number of fused-ring (bicyclic) bond motifs is 2. The van der Waals surface area contributed by atoms with Crippen molar-refractivity contribution in [3.63, 3.8) is 0 Å². The number of rotatable bonds is 4. The third-order valence-corrected chi connectivity index (χ3v) is 4.87. The molecule has 0 aliphatic rings. The predicted molar refractivity (Wildman–Crippen MR) is 107 cm³/mol. The monoisotopic (exact) mass is 315 g/mol. The van der Waals surface area contributed by atoms with Crippen molar-refractivity contribution in [2.45, 2.75) is 26.8 Å². The Morgan fingerprint density at radius 3 is 2.00 bits per heavy atom. The molecule has 24 heavy (non-hydrogen) atoms. The summed E-state index contributed by atoms with van der Waals surface area (Å²) in [5, 5.41) is 8.53. The van der Waals surface area contributed by atoms with Crippen molar-refractivity contribution in [1.82, 2.24) is 5.32 Å². The second-order valence-corrected chi connectivity index (χ2v) is 6.34. The van der Waals surface area contributed by atoms with Gasteiger partial charge < -0.3 is 5.32 Å². The molecule has 0 bridgehead atoms. The van der Waals surface area contributed by atoms with Gasteiger partial charge in [-0.2, -0.15) is 0 Å². The quantitative estimate of drug-likeness (QED) is 0.463. The molecule has 0 saturated heterocycles. The summed E-state index contributed by atoms with van der Waals surface area (Å²) in [6, 6.07) is 20.0. The van der Waals surface area contributed by atoms with Crippen LogP contribution in [-0.4, -0.2) is 13.1 Å². The second kappa shape index (κ2) is 7.02. The van der Waals surface area contributed by atoms with E-state index in [2.05, 4.69) is 92.8 Å². The summed E-state index contributed by atoms with van der Waals surface area (Å²) in [5.74, 6) is 0. The number of likely N-dealkylation sites (N-methyl/N-ethyl adjacent to an activating group) is 1. The molecular weight excluding hydrogens is 290 g/mol. The van der Waals surface area contributed by atoms with E-state index in [1.165, 1.54) is 38.3 Å². The molecule has 0 aliphatic heterocycles. The van der Waals surface area contributed by atoms with E-state index in [4.69, 9.17) is 0 Å². The molecule has 3 aromatic carbocycles. The molecule has 0 aromatic heterocycles. The van der Waals surface area contributed by atoms with Gasteiger partial charge in [-0.1, -0.05) is 66.3 Å². The molecule has 1 nitrogen and oxygen atoms in total. The van der Waals surface area contributed by atoms with Crippen molar-refractivity contribution in [3.05, 3.63) is 77.9 Å². The van der Waals surface area contributed by atoms with Crippen molar-refractivity contribution in [3.8, 4) is 0 Å². The zero-order chi connectivity index (χ0) is 17.1. The van der Waals surface area contributed by atoms with Crippen LogP contribution in [0.3, 0.4) is 0 Å². The fraction of sp³-hybridized carbons (Fsp3) is 0.217. The number of allylic oxidation sites excluding steroid dienone is 3. The van der Waals surface area contributed by atoms with Gasteiger partial charge >= 0.3 is 0 Å². The Kier molecular flexibility index (Phi) is 4.82. The van der Waals surface area contributed by atoms with E-state index in [9.17, 15) is 0 Å². The highest BCUT2D eigenvalue weighted by molar-refractivity contribution is 6.10. The van der Waals surface area contributed by atoms with Crippen molar-refractivity contribution >= 4 is 27.1 Å². The van der Waals surface area contributed by atoms with Crippen molar-refractivity contribution in [2.24, 2.45) is 0 Å². The first-order valence-corrected chi connectivity index (χ1v) is 8.58. The first-order chi connectivity index (χ1) is 11.7.